The molecule has 0 unspecified atom stereocenters. The maximum Gasteiger partial charge on any atom is 0.230 e. The van der Waals surface area contributed by atoms with Gasteiger partial charge in [-0.3, -0.25) is 4.79 Å². The topological polar surface area (TPSA) is 60.1 Å². The van der Waals surface area contributed by atoms with Crippen LogP contribution in [-0.4, -0.2) is 15.6 Å². The summed E-state index contributed by atoms with van der Waals surface area (Å²) in [6.07, 6.45) is 0.172. The van der Waals surface area contributed by atoms with E-state index >= 15 is 0 Å². The van der Waals surface area contributed by atoms with Crippen LogP contribution < -0.4 is 5.32 Å². The molecule has 0 aliphatic carbocycles. The molecule has 0 atom stereocenters. The molecule has 144 valence electrons. The molecule has 1 amide bonds. The van der Waals surface area contributed by atoms with Crippen molar-refractivity contribution in [3.8, 4) is 0 Å². The fraction of sp³-hybridized carbons (Fsp3) is 0.167. The number of hydrogen-bond donors (Lipinski definition) is 1. The number of nitrogens with zero attached hydrogens (tertiary/aromatic N) is 2. The summed E-state index contributed by atoms with van der Waals surface area (Å²) in [5.41, 5.74) is 5.63. The first-order valence-corrected chi connectivity index (χ1v) is 9.80. The van der Waals surface area contributed by atoms with Gasteiger partial charge in [0.25, 0.3) is 0 Å². The maximum atomic E-state index is 12.7. The molecule has 0 aliphatic heterocycles. The Hall–Kier alpha value is -3.60. The van der Waals surface area contributed by atoms with Gasteiger partial charge in [0, 0.05) is 39.4 Å². The number of fused-ring (bicyclic) bond motifs is 4. The van der Waals surface area contributed by atoms with Gasteiger partial charge >= 0.3 is 0 Å². The van der Waals surface area contributed by atoms with Crippen LogP contribution in [0.15, 0.2) is 65.2 Å². The number of amides is 1. The molecule has 5 rings (SSSR count). The molecule has 1 N–H and O–H groups in total. The smallest absolute Gasteiger partial charge is 0.230 e. The Labute approximate surface area is 167 Å². The minimum atomic E-state index is -0.111. The Morgan fingerprint density at radius 3 is 2.69 bits per heavy atom. The molecule has 2 heterocycles. The highest BCUT2D eigenvalue weighted by Gasteiger charge is 2.14. The molecule has 5 nitrogen and oxygen atoms in total. The minimum absolute atomic E-state index is 0.111. The molecule has 0 spiro atoms. The van der Waals surface area contributed by atoms with Crippen molar-refractivity contribution in [1.82, 2.24) is 9.72 Å². The summed E-state index contributed by atoms with van der Waals surface area (Å²) in [6, 6.07) is 20.3. The first-order valence-electron chi connectivity index (χ1n) is 9.80. The van der Waals surface area contributed by atoms with Gasteiger partial charge in [-0.25, -0.2) is 0 Å². The van der Waals surface area contributed by atoms with E-state index in [0.29, 0.717) is 11.3 Å². The number of hydrogen-bond acceptors (Lipinski definition) is 3. The molecule has 0 aliphatic rings. The van der Waals surface area contributed by atoms with Gasteiger partial charge in [-0.2, -0.15) is 0 Å². The van der Waals surface area contributed by atoms with Crippen LogP contribution in [0.3, 0.4) is 0 Å². The van der Waals surface area contributed by atoms with Crippen molar-refractivity contribution in [3.05, 3.63) is 71.9 Å². The number of nitrogens with one attached hydrogen (secondary N) is 1. The third-order valence-corrected chi connectivity index (χ3v) is 5.40. The van der Waals surface area contributed by atoms with Crippen LogP contribution in [-0.2, 0) is 17.8 Å². The molecule has 0 fully saturated rings. The number of anilines is 1. The summed E-state index contributed by atoms with van der Waals surface area (Å²) in [4.78, 5) is 12.7. The lowest BCUT2D eigenvalue weighted by atomic mass is 10.1. The monoisotopic (exact) mass is 383 g/mol. The third kappa shape index (κ3) is 2.95. The van der Waals surface area contributed by atoms with Crippen molar-refractivity contribution in [2.75, 3.05) is 5.32 Å². The van der Waals surface area contributed by atoms with E-state index in [4.69, 9.17) is 4.52 Å². The second-order valence-corrected chi connectivity index (χ2v) is 7.35. The molecule has 3 aromatic carbocycles. The lowest BCUT2D eigenvalue weighted by Gasteiger charge is -2.06. The summed E-state index contributed by atoms with van der Waals surface area (Å²) < 4.78 is 7.64. The molecule has 29 heavy (non-hydrogen) atoms. The summed E-state index contributed by atoms with van der Waals surface area (Å²) in [5.74, 6) is -0.111. The maximum absolute atomic E-state index is 12.7. The van der Waals surface area contributed by atoms with Crippen LogP contribution in [0.4, 0.5) is 5.69 Å². The highest BCUT2D eigenvalue weighted by molar-refractivity contribution is 6.10. The summed E-state index contributed by atoms with van der Waals surface area (Å²) in [7, 11) is 0. The Kier molecular flexibility index (Phi) is 4.09. The van der Waals surface area contributed by atoms with Gasteiger partial charge in [-0.15, -0.1) is 0 Å². The van der Waals surface area contributed by atoms with Crippen LogP contribution in [0.1, 0.15) is 18.2 Å². The summed E-state index contributed by atoms with van der Waals surface area (Å²) in [5, 5.41) is 10.3. The van der Waals surface area contributed by atoms with Crippen molar-refractivity contribution in [3.63, 3.8) is 0 Å². The number of aryl methyl sites for hydroxylation is 2. The first kappa shape index (κ1) is 17.5. The quantitative estimate of drug-likeness (QED) is 0.449. The molecule has 5 heteroatoms. The average molecular weight is 383 g/mol. The highest BCUT2D eigenvalue weighted by atomic mass is 16.5. The van der Waals surface area contributed by atoms with Gasteiger partial charge < -0.3 is 14.4 Å². The van der Waals surface area contributed by atoms with Crippen LogP contribution >= 0.6 is 0 Å². The Morgan fingerprint density at radius 1 is 1.00 bits per heavy atom. The molecule has 0 saturated heterocycles. The van der Waals surface area contributed by atoms with Gasteiger partial charge in [0.15, 0.2) is 5.58 Å². The zero-order valence-electron chi connectivity index (χ0n) is 16.4. The Balaban J connectivity index is 1.46. The fourth-order valence-corrected chi connectivity index (χ4v) is 4.06. The van der Waals surface area contributed by atoms with E-state index in [9.17, 15) is 4.79 Å². The zero-order chi connectivity index (χ0) is 20.0. The lowest BCUT2D eigenvalue weighted by Crippen LogP contribution is -2.14. The Morgan fingerprint density at radius 2 is 1.83 bits per heavy atom. The van der Waals surface area contributed by atoms with E-state index in [1.54, 1.807) is 0 Å². The average Bonchev–Trinajstić information content (AvgIpc) is 3.26. The van der Waals surface area contributed by atoms with E-state index in [1.807, 2.05) is 43.3 Å². The van der Waals surface area contributed by atoms with Crippen LogP contribution in [0.5, 0.6) is 0 Å². The molecule has 2 aromatic heterocycles. The normalized spacial score (nSPS) is 11.5. The van der Waals surface area contributed by atoms with Gasteiger partial charge in [-0.1, -0.05) is 35.0 Å². The molecule has 5 aromatic rings. The SMILES string of the molecule is CCn1c2ccccc2c2cc(NC(=O)Cc3noc4ccc(C)cc34)ccc21. The second-order valence-electron chi connectivity index (χ2n) is 7.35. The number of carbonyl (C=O) groups is 1. The number of carbonyl (C=O) groups excluding carboxylic acids is 1. The van der Waals surface area contributed by atoms with Crippen molar-refractivity contribution >= 4 is 44.4 Å². The summed E-state index contributed by atoms with van der Waals surface area (Å²) >= 11 is 0. The number of benzene rings is 3. The van der Waals surface area contributed by atoms with Gasteiger partial charge in [0.2, 0.25) is 5.91 Å². The number of aromatic nitrogens is 2. The minimum Gasteiger partial charge on any atom is -0.356 e. The molecule has 0 saturated carbocycles. The van der Waals surface area contributed by atoms with Gasteiger partial charge in [0.05, 0.1) is 6.42 Å². The largest absolute Gasteiger partial charge is 0.356 e. The van der Waals surface area contributed by atoms with Crippen molar-refractivity contribution in [2.45, 2.75) is 26.8 Å². The van der Waals surface area contributed by atoms with E-state index in [-0.39, 0.29) is 12.3 Å². The second kappa shape index (κ2) is 6.78. The van der Waals surface area contributed by atoms with Crippen LogP contribution in [0.2, 0.25) is 0 Å². The van der Waals surface area contributed by atoms with Crippen molar-refractivity contribution < 1.29 is 9.32 Å². The van der Waals surface area contributed by atoms with Gasteiger partial charge in [-0.05, 0) is 50.2 Å². The molecule has 0 radical (unpaired) electrons. The van der Waals surface area contributed by atoms with Crippen molar-refractivity contribution in [1.29, 1.82) is 0 Å². The fourth-order valence-electron chi connectivity index (χ4n) is 4.06. The molecular weight excluding hydrogens is 362 g/mol. The van der Waals surface area contributed by atoms with E-state index < -0.39 is 0 Å². The van der Waals surface area contributed by atoms with E-state index in [1.165, 1.54) is 16.4 Å². The van der Waals surface area contributed by atoms with E-state index in [0.717, 1.165) is 28.6 Å². The lowest BCUT2D eigenvalue weighted by molar-refractivity contribution is -0.115. The third-order valence-electron chi connectivity index (χ3n) is 5.40. The number of rotatable bonds is 4. The van der Waals surface area contributed by atoms with Crippen LogP contribution in [0.25, 0.3) is 32.8 Å². The van der Waals surface area contributed by atoms with Crippen LogP contribution in [0, 0.1) is 6.92 Å². The zero-order valence-corrected chi connectivity index (χ0v) is 16.4. The first-order chi connectivity index (χ1) is 14.1. The molecular formula is C24H21N3O2. The standard InChI is InChI=1S/C24H21N3O2/c1-3-27-21-7-5-4-6-17(21)18-13-16(9-10-22(18)27)25-24(28)14-20-19-12-15(2)8-11-23(19)29-26-20/h4-13H,3,14H2,1-2H3,(H,25,28). The predicted molar refractivity (Wildman–Crippen MR) is 116 cm³/mol. The predicted octanol–water partition coefficient (Wildman–Crippen LogP) is 5.45. The van der Waals surface area contributed by atoms with Crippen molar-refractivity contribution in [2.24, 2.45) is 0 Å². The van der Waals surface area contributed by atoms with E-state index in [2.05, 4.69) is 46.2 Å². The van der Waals surface area contributed by atoms with Gasteiger partial charge in [0.1, 0.15) is 5.69 Å². The summed E-state index contributed by atoms with van der Waals surface area (Å²) in [6.45, 7) is 5.05. The molecule has 0 bridgehead atoms. The Bertz CT molecular complexity index is 1380. The number of para-hydroxylation sites is 1. The highest BCUT2D eigenvalue weighted by Crippen LogP contribution is 2.31.